The van der Waals surface area contributed by atoms with Crippen LogP contribution in [0.3, 0.4) is 0 Å². The highest BCUT2D eigenvalue weighted by Gasteiger charge is 2.09. The monoisotopic (exact) mass is 258 g/mol. The van der Waals surface area contributed by atoms with Crippen LogP contribution in [0.5, 0.6) is 0 Å². The zero-order chi connectivity index (χ0) is 12.5. The van der Waals surface area contributed by atoms with Crippen molar-refractivity contribution in [2.75, 3.05) is 5.32 Å². The molecule has 0 aliphatic heterocycles. The Hall–Kier alpha value is -2.21. The molecule has 0 bridgehead atoms. The molecule has 18 heavy (non-hydrogen) atoms. The van der Waals surface area contributed by atoms with Gasteiger partial charge in [-0.1, -0.05) is 6.07 Å². The summed E-state index contributed by atoms with van der Waals surface area (Å²) in [6.07, 6.45) is 3.43. The van der Waals surface area contributed by atoms with Crippen molar-refractivity contribution in [3.8, 4) is 0 Å². The molecule has 5 nitrogen and oxygen atoms in total. The third kappa shape index (κ3) is 1.86. The molecule has 2 aromatic heterocycles. The lowest BCUT2D eigenvalue weighted by Crippen LogP contribution is -2.11. The van der Waals surface area contributed by atoms with Crippen LogP contribution in [0.15, 0.2) is 36.0 Å². The summed E-state index contributed by atoms with van der Waals surface area (Å²) in [4.78, 5) is 16.0. The van der Waals surface area contributed by atoms with Gasteiger partial charge in [0.1, 0.15) is 0 Å². The second-order valence-corrected chi connectivity index (χ2v) is 4.73. The first kappa shape index (κ1) is 10.9. The van der Waals surface area contributed by atoms with Gasteiger partial charge in [-0.2, -0.15) is 5.10 Å². The van der Waals surface area contributed by atoms with Gasteiger partial charge in [0.25, 0.3) is 5.91 Å². The summed E-state index contributed by atoms with van der Waals surface area (Å²) >= 11 is 1.39. The van der Waals surface area contributed by atoms with E-state index >= 15 is 0 Å². The molecule has 1 amide bonds. The summed E-state index contributed by atoms with van der Waals surface area (Å²) in [7, 11) is 1.85. The number of aromatic nitrogens is 3. The molecule has 6 heteroatoms. The number of anilines is 1. The maximum Gasteiger partial charge on any atom is 0.257 e. The van der Waals surface area contributed by atoms with Crippen molar-refractivity contribution in [1.82, 2.24) is 14.8 Å². The molecule has 3 aromatic rings. The molecule has 1 N–H and O–H groups in total. The Morgan fingerprint density at radius 1 is 1.44 bits per heavy atom. The molecule has 0 spiro atoms. The fourth-order valence-corrected chi connectivity index (χ4v) is 2.26. The molecule has 0 fully saturated rings. The number of nitrogens with zero attached hydrogens (tertiary/aromatic N) is 3. The molecule has 0 saturated carbocycles. The number of hydrogen-bond acceptors (Lipinski definition) is 4. The van der Waals surface area contributed by atoms with Gasteiger partial charge < -0.3 is 0 Å². The molecule has 0 atom stereocenters. The van der Waals surface area contributed by atoms with Gasteiger partial charge in [0.2, 0.25) is 0 Å². The Bertz CT molecular complexity index is 702. The summed E-state index contributed by atoms with van der Waals surface area (Å²) in [5, 5.41) is 10.3. The summed E-state index contributed by atoms with van der Waals surface area (Å²) in [5.41, 5.74) is 1.53. The van der Waals surface area contributed by atoms with Crippen molar-refractivity contribution in [3.05, 3.63) is 41.5 Å². The fraction of sp³-hybridized carbons (Fsp3) is 0.0833. The number of amides is 1. The zero-order valence-corrected chi connectivity index (χ0v) is 10.4. The van der Waals surface area contributed by atoms with Gasteiger partial charge in [-0.3, -0.25) is 14.8 Å². The molecule has 0 radical (unpaired) electrons. The van der Waals surface area contributed by atoms with Crippen molar-refractivity contribution in [3.63, 3.8) is 0 Å². The second-order valence-electron chi connectivity index (χ2n) is 3.83. The van der Waals surface area contributed by atoms with E-state index < -0.39 is 0 Å². The number of carbonyl (C=O) groups excluding carboxylic acids is 1. The van der Waals surface area contributed by atoms with Crippen LogP contribution in [0.25, 0.3) is 10.9 Å². The lowest BCUT2D eigenvalue weighted by atomic mass is 10.1. The number of aryl methyl sites for hydroxylation is 1. The van der Waals surface area contributed by atoms with E-state index in [2.05, 4.69) is 15.4 Å². The number of carbonyl (C=O) groups is 1. The van der Waals surface area contributed by atoms with E-state index in [0.29, 0.717) is 10.7 Å². The van der Waals surface area contributed by atoms with E-state index in [9.17, 15) is 4.79 Å². The van der Waals surface area contributed by atoms with Gasteiger partial charge in [-0.15, -0.1) is 11.3 Å². The Morgan fingerprint density at radius 3 is 3.11 bits per heavy atom. The fourth-order valence-electron chi connectivity index (χ4n) is 1.74. The van der Waals surface area contributed by atoms with Crippen molar-refractivity contribution < 1.29 is 4.79 Å². The van der Waals surface area contributed by atoms with Crippen molar-refractivity contribution in [1.29, 1.82) is 0 Å². The minimum Gasteiger partial charge on any atom is -0.298 e. The predicted molar refractivity (Wildman–Crippen MR) is 70.8 cm³/mol. The first-order chi connectivity index (χ1) is 8.74. The number of nitrogens with one attached hydrogen (secondary N) is 1. The first-order valence-electron chi connectivity index (χ1n) is 5.36. The van der Waals surface area contributed by atoms with E-state index in [-0.39, 0.29) is 5.91 Å². The lowest BCUT2D eigenvalue weighted by molar-refractivity contribution is 0.102. The summed E-state index contributed by atoms with van der Waals surface area (Å²) < 4.78 is 1.75. The standard InChI is InChI=1S/C12H10N4OS/c1-16-10-6-8(2-3-9(10)7-14-16)11(17)15-12-13-4-5-18-12/h2-7H,1H3,(H,13,15,17). The molecular weight excluding hydrogens is 248 g/mol. The van der Waals surface area contributed by atoms with Crippen molar-refractivity contribution >= 4 is 33.3 Å². The van der Waals surface area contributed by atoms with Gasteiger partial charge in [0.15, 0.2) is 5.13 Å². The van der Waals surface area contributed by atoms with E-state index in [4.69, 9.17) is 0 Å². The van der Waals surface area contributed by atoms with E-state index in [1.165, 1.54) is 11.3 Å². The molecule has 0 unspecified atom stereocenters. The maximum atomic E-state index is 12.0. The molecule has 0 aliphatic carbocycles. The molecule has 0 aliphatic rings. The highest BCUT2D eigenvalue weighted by Crippen LogP contribution is 2.17. The number of thiazole rings is 1. The van der Waals surface area contributed by atoms with Gasteiger partial charge in [0.05, 0.1) is 11.7 Å². The molecule has 3 rings (SSSR count). The highest BCUT2D eigenvalue weighted by atomic mass is 32.1. The Labute approximate surface area is 107 Å². The molecular formula is C12H10N4OS. The summed E-state index contributed by atoms with van der Waals surface area (Å²) in [5.74, 6) is -0.159. The van der Waals surface area contributed by atoms with Crippen molar-refractivity contribution in [2.24, 2.45) is 7.05 Å². The van der Waals surface area contributed by atoms with Crippen LogP contribution >= 0.6 is 11.3 Å². The van der Waals surface area contributed by atoms with E-state index in [0.717, 1.165) is 10.9 Å². The average molecular weight is 258 g/mol. The first-order valence-corrected chi connectivity index (χ1v) is 6.24. The number of fused-ring (bicyclic) bond motifs is 1. The zero-order valence-electron chi connectivity index (χ0n) is 9.62. The Balaban J connectivity index is 1.93. The second kappa shape index (κ2) is 4.23. The smallest absolute Gasteiger partial charge is 0.257 e. The normalized spacial score (nSPS) is 10.7. The van der Waals surface area contributed by atoms with Crippen LogP contribution in [-0.4, -0.2) is 20.7 Å². The topological polar surface area (TPSA) is 59.8 Å². The number of benzene rings is 1. The quantitative estimate of drug-likeness (QED) is 0.767. The maximum absolute atomic E-state index is 12.0. The van der Waals surface area contributed by atoms with Crippen LogP contribution in [0, 0.1) is 0 Å². The van der Waals surface area contributed by atoms with Crippen LogP contribution in [0.2, 0.25) is 0 Å². The number of hydrogen-bond donors (Lipinski definition) is 1. The van der Waals surface area contributed by atoms with E-state index in [1.54, 1.807) is 23.1 Å². The Kier molecular flexibility index (Phi) is 2.56. The predicted octanol–water partition coefficient (Wildman–Crippen LogP) is 2.28. The van der Waals surface area contributed by atoms with Gasteiger partial charge in [-0.25, -0.2) is 4.98 Å². The van der Waals surface area contributed by atoms with E-state index in [1.807, 2.05) is 24.6 Å². The van der Waals surface area contributed by atoms with Gasteiger partial charge in [-0.05, 0) is 12.1 Å². The minimum absolute atomic E-state index is 0.159. The van der Waals surface area contributed by atoms with Gasteiger partial charge in [0, 0.05) is 29.6 Å². The highest BCUT2D eigenvalue weighted by molar-refractivity contribution is 7.13. The van der Waals surface area contributed by atoms with Crippen LogP contribution in [0.4, 0.5) is 5.13 Å². The van der Waals surface area contributed by atoms with Crippen molar-refractivity contribution in [2.45, 2.75) is 0 Å². The van der Waals surface area contributed by atoms with Crippen LogP contribution in [0.1, 0.15) is 10.4 Å². The molecule has 90 valence electrons. The summed E-state index contributed by atoms with van der Waals surface area (Å²) in [6.45, 7) is 0. The third-order valence-electron chi connectivity index (χ3n) is 2.66. The molecule has 2 heterocycles. The average Bonchev–Trinajstić information content (AvgIpc) is 3.00. The van der Waals surface area contributed by atoms with Crippen LogP contribution in [-0.2, 0) is 7.05 Å². The Morgan fingerprint density at radius 2 is 2.33 bits per heavy atom. The minimum atomic E-state index is -0.159. The number of rotatable bonds is 2. The lowest BCUT2D eigenvalue weighted by Gasteiger charge is -2.02. The van der Waals surface area contributed by atoms with Crippen LogP contribution < -0.4 is 5.32 Å². The largest absolute Gasteiger partial charge is 0.298 e. The molecule has 1 aromatic carbocycles. The third-order valence-corrected chi connectivity index (χ3v) is 3.35. The SMILES string of the molecule is Cn1ncc2ccc(C(=O)Nc3nccs3)cc21. The van der Waals surface area contributed by atoms with Gasteiger partial charge >= 0.3 is 0 Å². The molecule has 0 saturated heterocycles. The summed E-state index contributed by atoms with van der Waals surface area (Å²) in [6, 6.07) is 5.50.